The van der Waals surface area contributed by atoms with E-state index in [0.29, 0.717) is 11.1 Å². The van der Waals surface area contributed by atoms with Gasteiger partial charge in [-0.3, -0.25) is 4.79 Å². The summed E-state index contributed by atoms with van der Waals surface area (Å²) >= 11 is 0. The van der Waals surface area contributed by atoms with Gasteiger partial charge in [0.2, 0.25) is 0 Å². The molecule has 1 atom stereocenters. The summed E-state index contributed by atoms with van der Waals surface area (Å²) in [6, 6.07) is 17.3. The molecule has 0 radical (unpaired) electrons. The van der Waals surface area contributed by atoms with Crippen LogP contribution in [0.4, 0.5) is 0 Å². The van der Waals surface area contributed by atoms with Crippen LogP contribution in [0.1, 0.15) is 16.4 Å². The summed E-state index contributed by atoms with van der Waals surface area (Å²) in [7, 11) is -3.67. The van der Waals surface area contributed by atoms with Crippen molar-refractivity contribution in [3.05, 3.63) is 77.9 Å². The molecule has 0 fully saturated rings. The molecule has 100 valence electrons. The second-order valence-corrected chi connectivity index (χ2v) is 6.61. The number of hydrogen-bond donors (Lipinski definition) is 0. The highest BCUT2D eigenvalue weighted by Crippen LogP contribution is 2.39. The Morgan fingerprint density at radius 2 is 1.35 bits per heavy atom. The fourth-order valence-corrected chi connectivity index (χ4v) is 4.28. The molecule has 0 aromatic heterocycles. The molecule has 0 N–H and O–H groups in total. The Morgan fingerprint density at radius 1 is 0.800 bits per heavy atom. The molecule has 3 rings (SSSR count). The predicted molar refractivity (Wildman–Crippen MR) is 77.5 cm³/mol. The van der Waals surface area contributed by atoms with Gasteiger partial charge >= 0.3 is 0 Å². The van der Waals surface area contributed by atoms with Crippen molar-refractivity contribution in [2.75, 3.05) is 0 Å². The molecule has 4 heteroatoms. The van der Waals surface area contributed by atoms with Crippen LogP contribution in [0.2, 0.25) is 0 Å². The maximum absolute atomic E-state index is 12.6. The largest absolute Gasteiger partial charge is 0.293 e. The van der Waals surface area contributed by atoms with Gasteiger partial charge in [0, 0.05) is 6.08 Å². The number of carbonyl (C=O) groups excluding carboxylic acids is 1. The third-order valence-electron chi connectivity index (χ3n) is 3.31. The zero-order valence-corrected chi connectivity index (χ0v) is 11.4. The first kappa shape index (κ1) is 12.8. The van der Waals surface area contributed by atoms with Crippen molar-refractivity contribution >= 4 is 20.5 Å². The van der Waals surface area contributed by atoms with E-state index in [1.165, 1.54) is 6.08 Å². The Labute approximate surface area is 117 Å². The number of rotatable bonds is 2. The quantitative estimate of drug-likeness (QED) is 0.852. The van der Waals surface area contributed by atoms with E-state index in [2.05, 4.69) is 0 Å². The van der Waals surface area contributed by atoms with Gasteiger partial charge in [-0.25, -0.2) is 8.42 Å². The van der Waals surface area contributed by atoms with Gasteiger partial charge in [-0.15, -0.1) is 0 Å². The molecule has 1 heterocycles. The first-order valence-corrected chi connectivity index (χ1v) is 7.75. The van der Waals surface area contributed by atoms with Gasteiger partial charge in [-0.2, -0.15) is 0 Å². The SMILES string of the molecule is O=C1C=C(c2ccccc2)S(=O)(=O)C1c1ccccc1. The second-order valence-electron chi connectivity index (χ2n) is 4.61. The Morgan fingerprint density at radius 3 is 1.95 bits per heavy atom. The van der Waals surface area contributed by atoms with Gasteiger partial charge in [0.1, 0.15) is 0 Å². The molecule has 0 spiro atoms. The van der Waals surface area contributed by atoms with Crippen LogP contribution in [0.3, 0.4) is 0 Å². The highest BCUT2D eigenvalue weighted by molar-refractivity contribution is 8.02. The van der Waals surface area contributed by atoms with Crippen LogP contribution in [0, 0.1) is 0 Å². The Balaban J connectivity index is 2.11. The highest BCUT2D eigenvalue weighted by atomic mass is 32.2. The van der Waals surface area contributed by atoms with E-state index >= 15 is 0 Å². The minimum atomic E-state index is -3.67. The van der Waals surface area contributed by atoms with Crippen molar-refractivity contribution in [3.8, 4) is 0 Å². The molecule has 0 amide bonds. The van der Waals surface area contributed by atoms with Crippen LogP contribution in [0.5, 0.6) is 0 Å². The normalized spacial score (nSPS) is 20.7. The number of sulfone groups is 1. The Kier molecular flexibility index (Phi) is 3.03. The van der Waals surface area contributed by atoms with E-state index in [4.69, 9.17) is 0 Å². The van der Waals surface area contributed by atoms with Crippen molar-refractivity contribution in [3.63, 3.8) is 0 Å². The van der Waals surface area contributed by atoms with Crippen LogP contribution >= 0.6 is 0 Å². The Bertz CT molecular complexity index is 775. The standard InChI is InChI=1S/C16H12O3S/c17-14-11-15(12-7-3-1-4-8-12)20(18,19)16(14)13-9-5-2-6-10-13/h1-11,16H. The van der Waals surface area contributed by atoms with Gasteiger partial charge in [-0.05, 0) is 11.1 Å². The molecule has 2 aromatic rings. The summed E-state index contributed by atoms with van der Waals surface area (Å²) in [5.74, 6) is -0.380. The average Bonchev–Trinajstić information content (AvgIpc) is 2.70. The third-order valence-corrected chi connectivity index (χ3v) is 5.40. The van der Waals surface area contributed by atoms with Crippen LogP contribution in [0.15, 0.2) is 66.7 Å². The number of ketones is 1. The van der Waals surface area contributed by atoms with E-state index in [9.17, 15) is 13.2 Å². The molecule has 0 saturated heterocycles. The van der Waals surface area contributed by atoms with E-state index in [0.717, 1.165) is 0 Å². The lowest BCUT2D eigenvalue weighted by Gasteiger charge is -2.11. The molecule has 0 bridgehead atoms. The van der Waals surface area contributed by atoms with Gasteiger partial charge in [-0.1, -0.05) is 60.7 Å². The van der Waals surface area contributed by atoms with Crippen molar-refractivity contribution < 1.29 is 13.2 Å². The summed E-state index contributed by atoms with van der Waals surface area (Å²) in [4.78, 5) is 12.2. The van der Waals surface area contributed by atoms with Gasteiger partial charge < -0.3 is 0 Å². The van der Waals surface area contributed by atoms with Crippen molar-refractivity contribution in [2.45, 2.75) is 5.25 Å². The molecular weight excluding hydrogens is 272 g/mol. The molecule has 0 aliphatic carbocycles. The van der Waals surface area contributed by atoms with E-state index < -0.39 is 15.1 Å². The second kappa shape index (κ2) is 4.72. The molecule has 20 heavy (non-hydrogen) atoms. The minimum Gasteiger partial charge on any atom is -0.293 e. The Hall–Kier alpha value is -2.20. The van der Waals surface area contributed by atoms with Crippen LogP contribution in [-0.4, -0.2) is 14.2 Å². The lowest BCUT2D eigenvalue weighted by molar-refractivity contribution is -0.114. The fraction of sp³-hybridized carbons (Fsp3) is 0.0625. The molecule has 3 nitrogen and oxygen atoms in total. The summed E-state index contributed by atoms with van der Waals surface area (Å²) in [5, 5.41) is -1.11. The number of allylic oxidation sites excluding steroid dienone is 1. The summed E-state index contributed by atoms with van der Waals surface area (Å²) in [6.07, 6.45) is 1.24. The minimum absolute atomic E-state index is 0.108. The topological polar surface area (TPSA) is 51.2 Å². The summed E-state index contributed by atoms with van der Waals surface area (Å²) in [5.41, 5.74) is 1.07. The first-order chi connectivity index (χ1) is 9.60. The maximum atomic E-state index is 12.6. The zero-order valence-electron chi connectivity index (χ0n) is 10.6. The first-order valence-electron chi connectivity index (χ1n) is 6.20. The maximum Gasteiger partial charge on any atom is 0.193 e. The van der Waals surface area contributed by atoms with E-state index in [1.807, 2.05) is 6.07 Å². The molecule has 1 aliphatic rings. The molecule has 1 aliphatic heterocycles. The number of carbonyl (C=O) groups is 1. The summed E-state index contributed by atoms with van der Waals surface area (Å²) in [6.45, 7) is 0. The lowest BCUT2D eigenvalue weighted by atomic mass is 10.1. The summed E-state index contributed by atoms with van der Waals surface area (Å²) < 4.78 is 25.2. The van der Waals surface area contributed by atoms with Crippen LogP contribution in [-0.2, 0) is 14.6 Å². The third kappa shape index (κ3) is 1.98. The fourth-order valence-electron chi connectivity index (χ4n) is 2.39. The van der Waals surface area contributed by atoms with Crippen LogP contribution < -0.4 is 0 Å². The molecule has 0 saturated carbocycles. The van der Waals surface area contributed by atoms with E-state index in [-0.39, 0.29) is 10.7 Å². The highest BCUT2D eigenvalue weighted by Gasteiger charge is 2.42. The monoisotopic (exact) mass is 284 g/mol. The van der Waals surface area contributed by atoms with Crippen molar-refractivity contribution in [1.29, 1.82) is 0 Å². The van der Waals surface area contributed by atoms with Gasteiger partial charge in [0.25, 0.3) is 0 Å². The predicted octanol–water partition coefficient (Wildman–Crippen LogP) is 2.77. The number of benzene rings is 2. The van der Waals surface area contributed by atoms with Gasteiger partial charge in [0.05, 0.1) is 4.91 Å². The van der Waals surface area contributed by atoms with Gasteiger partial charge in [0.15, 0.2) is 20.9 Å². The number of hydrogen-bond acceptors (Lipinski definition) is 3. The molecule has 1 unspecified atom stereocenters. The zero-order chi connectivity index (χ0) is 14.2. The smallest absolute Gasteiger partial charge is 0.193 e. The molecular formula is C16H12O3S. The lowest BCUT2D eigenvalue weighted by Crippen LogP contribution is -2.14. The van der Waals surface area contributed by atoms with Crippen molar-refractivity contribution in [2.24, 2.45) is 0 Å². The average molecular weight is 284 g/mol. The van der Waals surface area contributed by atoms with Crippen LogP contribution in [0.25, 0.3) is 4.91 Å². The van der Waals surface area contributed by atoms with E-state index in [1.54, 1.807) is 54.6 Å². The van der Waals surface area contributed by atoms with Crippen molar-refractivity contribution in [1.82, 2.24) is 0 Å². The molecule has 2 aromatic carbocycles.